The Hall–Kier alpha value is -2.05. The van der Waals surface area contributed by atoms with Gasteiger partial charge in [-0.3, -0.25) is 14.6 Å². The lowest BCUT2D eigenvalue weighted by molar-refractivity contribution is -0.116. The molecular formula is C18H18ClN3O2S. The summed E-state index contributed by atoms with van der Waals surface area (Å²) in [6.07, 6.45) is 3.89. The van der Waals surface area contributed by atoms with Gasteiger partial charge in [-0.25, -0.2) is 0 Å². The van der Waals surface area contributed by atoms with Crippen LogP contribution in [0.3, 0.4) is 0 Å². The third-order valence-corrected chi connectivity index (χ3v) is 4.48. The highest BCUT2D eigenvalue weighted by atomic mass is 35.5. The molecule has 1 N–H and O–H groups in total. The zero-order chi connectivity index (χ0) is 18.0. The molecule has 0 radical (unpaired) electrons. The molecule has 0 bridgehead atoms. The van der Waals surface area contributed by atoms with Gasteiger partial charge >= 0.3 is 0 Å². The van der Waals surface area contributed by atoms with Gasteiger partial charge in [-0.2, -0.15) is 0 Å². The standard InChI is InChI=1S/C18H18ClN3O2S/c1-11(23)22(10-12-2-3-12)17-7-4-13(8-15(17)19)16-6-5-14(9-20-16)21-18(24)25/h4-9,12H,2-3,10H2,1H3,(H2,21,24,25). The van der Waals surface area contributed by atoms with Crippen molar-refractivity contribution in [1.29, 1.82) is 0 Å². The summed E-state index contributed by atoms with van der Waals surface area (Å²) in [5.41, 5.74) is 2.86. The van der Waals surface area contributed by atoms with E-state index in [4.69, 9.17) is 11.6 Å². The predicted molar refractivity (Wildman–Crippen MR) is 103 cm³/mol. The van der Waals surface area contributed by atoms with Crippen LogP contribution in [0.2, 0.25) is 5.02 Å². The van der Waals surface area contributed by atoms with Gasteiger partial charge < -0.3 is 10.2 Å². The summed E-state index contributed by atoms with van der Waals surface area (Å²) < 4.78 is 0. The molecular weight excluding hydrogens is 358 g/mol. The van der Waals surface area contributed by atoms with Crippen molar-refractivity contribution in [3.8, 4) is 11.3 Å². The first-order valence-electron chi connectivity index (χ1n) is 7.98. The molecule has 1 heterocycles. The van der Waals surface area contributed by atoms with Gasteiger partial charge in [0.2, 0.25) is 5.91 Å². The lowest BCUT2D eigenvalue weighted by Crippen LogP contribution is -2.30. The molecule has 1 aliphatic carbocycles. The third-order valence-electron chi connectivity index (χ3n) is 4.07. The number of carbonyl (C=O) groups excluding carboxylic acids is 2. The Kier molecular flexibility index (Phi) is 5.30. The molecule has 1 saturated carbocycles. The van der Waals surface area contributed by atoms with Gasteiger partial charge in [-0.1, -0.05) is 30.3 Å². The number of nitrogens with zero attached hydrogens (tertiary/aromatic N) is 2. The van der Waals surface area contributed by atoms with E-state index in [0.29, 0.717) is 23.2 Å². The van der Waals surface area contributed by atoms with Crippen LogP contribution in [0.4, 0.5) is 16.2 Å². The van der Waals surface area contributed by atoms with Crippen LogP contribution in [0.5, 0.6) is 0 Å². The van der Waals surface area contributed by atoms with Crippen molar-refractivity contribution in [1.82, 2.24) is 4.98 Å². The summed E-state index contributed by atoms with van der Waals surface area (Å²) in [4.78, 5) is 28.9. The minimum atomic E-state index is -0.443. The molecule has 1 aromatic carbocycles. The van der Waals surface area contributed by atoms with E-state index >= 15 is 0 Å². The van der Waals surface area contributed by atoms with Crippen molar-refractivity contribution in [2.45, 2.75) is 19.8 Å². The van der Waals surface area contributed by atoms with Crippen LogP contribution in [0.15, 0.2) is 36.5 Å². The summed E-state index contributed by atoms with van der Waals surface area (Å²) in [7, 11) is 0. The Morgan fingerprint density at radius 2 is 2.08 bits per heavy atom. The van der Waals surface area contributed by atoms with Gasteiger partial charge in [-0.15, -0.1) is 0 Å². The number of hydrogen-bond acceptors (Lipinski definition) is 3. The molecule has 0 saturated heterocycles. The maximum atomic E-state index is 12.0. The maximum absolute atomic E-state index is 12.0. The molecule has 3 rings (SSSR count). The summed E-state index contributed by atoms with van der Waals surface area (Å²) in [5.74, 6) is 0.572. The number of rotatable bonds is 5. The second kappa shape index (κ2) is 7.45. The van der Waals surface area contributed by atoms with E-state index in [-0.39, 0.29) is 5.91 Å². The van der Waals surface area contributed by atoms with Gasteiger partial charge in [0, 0.05) is 19.0 Å². The lowest BCUT2D eigenvalue weighted by Gasteiger charge is -2.22. The number of amides is 2. The second-order valence-corrected chi connectivity index (χ2v) is 6.91. The maximum Gasteiger partial charge on any atom is 0.280 e. The molecule has 0 unspecified atom stereocenters. The summed E-state index contributed by atoms with van der Waals surface area (Å²) in [5, 5.41) is 2.62. The average molecular weight is 376 g/mol. The number of anilines is 2. The Morgan fingerprint density at radius 1 is 1.32 bits per heavy atom. The molecule has 5 nitrogen and oxygen atoms in total. The van der Waals surface area contributed by atoms with Gasteiger partial charge in [0.1, 0.15) is 0 Å². The number of thiol groups is 1. The molecule has 1 aliphatic rings. The van der Waals surface area contributed by atoms with Gasteiger partial charge in [0.05, 0.1) is 28.3 Å². The smallest absolute Gasteiger partial charge is 0.280 e. The number of halogens is 1. The number of aromatic nitrogens is 1. The summed E-state index contributed by atoms with van der Waals surface area (Å²) in [6, 6.07) is 9.08. The van der Waals surface area contributed by atoms with Crippen LogP contribution in [-0.4, -0.2) is 22.7 Å². The highest BCUT2D eigenvalue weighted by Gasteiger charge is 2.27. The van der Waals surface area contributed by atoms with Crippen LogP contribution >= 0.6 is 24.2 Å². The number of benzene rings is 1. The Balaban J connectivity index is 1.83. The average Bonchev–Trinajstić information content (AvgIpc) is 3.37. The first-order valence-corrected chi connectivity index (χ1v) is 8.80. The summed E-state index contributed by atoms with van der Waals surface area (Å²) in [6.45, 7) is 2.27. The fourth-order valence-electron chi connectivity index (χ4n) is 2.60. The van der Waals surface area contributed by atoms with Crippen LogP contribution in [-0.2, 0) is 4.79 Å². The SMILES string of the molecule is CC(=O)N(CC1CC1)c1ccc(-c2ccc(NC(=O)S)cn2)cc1Cl. The fraction of sp³-hybridized carbons (Fsp3) is 0.278. The Morgan fingerprint density at radius 3 is 2.60 bits per heavy atom. The third kappa shape index (κ3) is 4.52. The normalized spacial score (nSPS) is 13.4. The molecule has 1 fully saturated rings. The van der Waals surface area contributed by atoms with Crippen molar-refractivity contribution >= 4 is 46.8 Å². The number of hydrogen-bond donors (Lipinski definition) is 2. The van der Waals surface area contributed by atoms with Gasteiger partial charge in [0.15, 0.2) is 0 Å². The Bertz CT molecular complexity index is 806. The van der Waals surface area contributed by atoms with E-state index in [0.717, 1.165) is 16.9 Å². The first-order chi connectivity index (χ1) is 11.9. The molecule has 0 aliphatic heterocycles. The number of pyridine rings is 1. The van der Waals surface area contributed by atoms with Gasteiger partial charge in [-0.05, 0) is 43.0 Å². The quantitative estimate of drug-likeness (QED) is 0.749. The number of nitrogens with one attached hydrogen (secondary N) is 1. The molecule has 0 spiro atoms. The van der Waals surface area contributed by atoms with Crippen LogP contribution in [0.1, 0.15) is 19.8 Å². The molecule has 7 heteroatoms. The number of carbonyl (C=O) groups is 2. The van der Waals surface area contributed by atoms with Crippen LogP contribution < -0.4 is 10.2 Å². The van der Waals surface area contributed by atoms with Crippen molar-refractivity contribution in [2.75, 3.05) is 16.8 Å². The highest BCUT2D eigenvalue weighted by Crippen LogP contribution is 2.35. The zero-order valence-electron chi connectivity index (χ0n) is 13.7. The minimum absolute atomic E-state index is 0.00785. The van der Waals surface area contributed by atoms with E-state index < -0.39 is 5.24 Å². The molecule has 25 heavy (non-hydrogen) atoms. The first kappa shape index (κ1) is 17.8. The Labute approximate surface area is 156 Å². The van der Waals surface area contributed by atoms with E-state index in [1.54, 1.807) is 36.2 Å². The molecule has 0 atom stereocenters. The molecule has 1 aromatic heterocycles. The molecule has 2 aromatic rings. The topological polar surface area (TPSA) is 62.3 Å². The van der Waals surface area contributed by atoms with E-state index in [1.807, 2.05) is 12.1 Å². The monoisotopic (exact) mass is 375 g/mol. The van der Waals surface area contributed by atoms with E-state index in [1.165, 1.54) is 12.8 Å². The van der Waals surface area contributed by atoms with E-state index in [2.05, 4.69) is 22.9 Å². The van der Waals surface area contributed by atoms with Crippen molar-refractivity contribution in [3.63, 3.8) is 0 Å². The predicted octanol–water partition coefficient (Wildman–Crippen LogP) is 4.63. The largest absolute Gasteiger partial charge is 0.316 e. The van der Waals surface area contributed by atoms with Crippen LogP contribution in [0.25, 0.3) is 11.3 Å². The van der Waals surface area contributed by atoms with Crippen molar-refractivity contribution in [3.05, 3.63) is 41.6 Å². The molecule has 2 amide bonds. The fourth-order valence-corrected chi connectivity index (χ4v) is 3.01. The highest BCUT2D eigenvalue weighted by molar-refractivity contribution is 7.96. The summed E-state index contributed by atoms with van der Waals surface area (Å²) >= 11 is 10.1. The van der Waals surface area contributed by atoms with Crippen LogP contribution in [0, 0.1) is 5.92 Å². The molecule has 130 valence electrons. The van der Waals surface area contributed by atoms with Crippen molar-refractivity contribution in [2.24, 2.45) is 5.92 Å². The minimum Gasteiger partial charge on any atom is -0.316 e. The second-order valence-electron chi connectivity index (χ2n) is 6.10. The van der Waals surface area contributed by atoms with E-state index in [9.17, 15) is 9.59 Å². The zero-order valence-corrected chi connectivity index (χ0v) is 15.3. The lowest BCUT2D eigenvalue weighted by atomic mass is 10.1. The van der Waals surface area contributed by atoms with Crippen molar-refractivity contribution < 1.29 is 9.59 Å². The van der Waals surface area contributed by atoms with Gasteiger partial charge in [0.25, 0.3) is 5.24 Å².